The third-order valence-electron chi connectivity index (χ3n) is 3.05. The van der Waals surface area contributed by atoms with Gasteiger partial charge in [-0.2, -0.15) is 13.2 Å². The summed E-state index contributed by atoms with van der Waals surface area (Å²) in [5, 5.41) is 2.23. The Bertz CT molecular complexity index is 750. The molecule has 8 heteroatoms. The quantitative estimate of drug-likeness (QED) is 0.772. The molecule has 2 aromatic rings. The van der Waals surface area contributed by atoms with Crippen molar-refractivity contribution >= 4 is 34.8 Å². The molecule has 0 spiro atoms. The van der Waals surface area contributed by atoms with Crippen molar-refractivity contribution < 1.29 is 22.7 Å². The van der Waals surface area contributed by atoms with E-state index in [4.69, 9.17) is 27.9 Å². The zero-order valence-corrected chi connectivity index (χ0v) is 13.8. The van der Waals surface area contributed by atoms with Crippen molar-refractivity contribution in [2.75, 3.05) is 5.32 Å². The lowest BCUT2D eigenvalue weighted by Crippen LogP contribution is -2.30. The Balaban J connectivity index is 2.11. The van der Waals surface area contributed by atoms with Crippen molar-refractivity contribution in [3.05, 3.63) is 58.1 Å². The van der Waals surface area contributed by atoms with Crippen LogP contribution in [-0.4, -0.2) is 12.0 Å². The number of hydrogen-bond acceptors (Lipinski definition) is 2. The second kappa shape index (κ2) is 7.32. The largest absolute Gasteiger partial charge is 0.479 e. The van der Waals surface area contributed by atoms with Crippen molar-refractivity contribution in [2.45, 2.75) is 19.2 Å². The summed E-state index contributed by atoms with van der Waals surface area (Å²) in [6.45, 7) is 1.46. The van der Waals surface area contributed by atoms with E-state index in [1.165, 1.54) is 13.0 Å². The molecule has 0 radical (unpaired) electrons. The molecule has 128 valence electrons. The maximum atomic E-state index is 12.8. The molecule has 0 saturated heterocycles. The lowest BCUT2D eigenvalue weighted by atomic mass is 10.2. The molecule has 24 heavy (non-hydrogen) atoms. The van der Waals surface area contributed by atoms with Crippen molar-refractivity contribution in [2.24, 2.45) is 0 Å². The first-order valence-corrected chi connectivity index (χ1v) is 7.53. The second-order valence-corrected chi connectivity index (χ2v) is 5.69. The van der Waals surface area contributed by atoms with Crippen LogP contribution < -0.4 is 10.1 Å². The van der Waals surface area contributed by atoms with Crippen LogP contribution in [0.2, 0.25) is 10.0 Å². The number of hydrogen-bond donors (Lipinski definition) is 1. The number of ether oxygens (including phenoxy) is 1. The minimum atomic E-state index is -4.61. The number of nitrogens with one attached hydrogen (secondary N) is 1. The molecule has 0 aliphatic heterocycles. The fourth-order valence-electron chi connectivity index (χ4n) is 1.85. The topological polar surface area (TPSA) is 38.3 Å². The number of rotatable bonds is 4. The number of amides is 1. The Labute approximate surface area is 146 Å². The van der Waals surface area contributed by atoms with Gasteiger partial charge in [-0.25, -0.2) is 0 Å². The number of anilines is 1. The van der Waals surface area contributed by atoms with Gasteiger partial charge in [-0.1, -0.05) is 35.3 Å². The van der Waals surface area contributed by atoms with Crippen molar-refractivity contribution in [3.8, 4) is 5.75 Å². The van der Waals surface area contributed by atoms with E-state index in [2.05, 4.69) is 5.32 Å². The molecular formula is C16H12Cl2F3NO2. The van der Waals surface area contributed by atoms with Crippen LogP contribution in [0.4, 0.5) is 18.9 Å². The fraction of sp³-hybridized carbons (Fsp3) is 0.188. The molecule has 1 atom stereocenters. The van der Waals surface area contributed by atoms with Crippen LogP contribution in [-0.2, 0) is 11.0 Å². The number of carbonyl (C=O) groups excluding carboxylic acids is 1. The van der Waals surface area contributed by atoms with Gasteiger partial charge in [0.2, 0.25) is 0 Å². The van der Waals surface area contributed by atoms with Gasteiger partial charge in [0, 0.05) is 5.69 Å². The summed E-state index contributed by atoms with van der Waals surface area (Å²) in [6.07, 6.45) is -5.58. The fourth-order valence-corrected chi connectivity index (χ4v) is 2.25. The Morgan fingerprint density at radius 1 is 1.12 bits per heavy atom. The smallest absolute Gasteiger partial charge is 0.417 e. The highest BCUT2D eigenvalue weighted by Crippen LogP contribution is 2.36. The monoisotopic (exact) mass is 377 g/mol. The van der Waals surface area contributed by atoms with Crippen LogP contribution >= 0.6 is 23.2 Å². The van der Waals surface area contributed by atoms with Crippen molar-refractivity contribution in [3.63, 3.8) is 0 Å². The van der Waals surface area contributed by atoms with Crippen LogP contribution in [0, 0.1) is 0 Å². The van der Waals surface area contributed by atoms with Gasteiger partial charge < -0.3 is 10.1 Å². The number of para-hydroxylation sites is 1. The van der Waals surface area contributed by atoms with Gasteiger partial charge in [-0.05, 0) is 37.3 Å². The molecule has 1 amide bonds. The van der Waals surface area contributed by atoms with Gasteiger partial charge in [0.1, 0.15) is 5.75 Å². The molecule has 0 saturated carbocycles. The summed E-state index contributed by atoms with van der Waals surface area (Å²) in [5.74, 6) is -0.320. The summed E-state index contributed by atoms with van der Waals surface area (Å²) in [5.41, 5.74) is -1.06. The summed E-state index contributed by atoms with van der Waals surface area (Å²) in [6, 6.07) is 9.67. The highest BCUT2D eigenvalue weighted by atomic mass is 35.5. The van der Waals surface area contributed by atoms with E-state index < -0.39 is 28.8 Å². The Morgan fingerprint density at radius 2 is 1.79 bits per heavy atom. The van der Waals surface area contributed by atoms with Gasteiger partial charge in [0.05, 0.1) is 15.6 Å². The minimum Gasteiger partial charge on any atom is -0.479 e. The standard InChI is InChI=1S/C16H12Cl2F3NO2/c1-9(24-14-5-3-2-4-13(14)18)15(23)22-10-6-7-12(17)11(8-10)16(19,20)21/h2-9H,1H3,(H,22,23)/t9-/m0/s1. The Hall–Kier alpha value is -1.92. The zero-order valence-electron chi connectivity index (χ0n) is 12.3. The van der Waals surface area contributed by atoms with E-state index in [1.807, 2.05) is 0 Å². The van der Waals surface area contributed by atoms with Gasteiger partial charge in [-0.15, -0.1) is 0 Å². The molecule has 0 aliphatic rings. The summed E-state index contributed by atoms with van der Waals surface area (Å²) >= 11 is 11.5. The minimum absolute atomic E-state index is 0.0358. The normalized spacial score (nSPS) is 12.6. The molecule has 1 N–H and O–H groups in total. The summed E-state index contributed by atoms with van der Waals surface area (Å²) in [4.78, 5) is 12.1. The maximum Gasteiger partial charge on any atom is 0.417 e. The molecule has 0 heterocycles. The van der Waals surface area contributed by atoms with E-state index >= 15 is 0 Å². The van der Waals surface area contributed by atoms with Gasteiger partial charge in [0.15, 0.2) is 6.10 Å². The highest BCUT2D eigenvalue weighted by Gasteiger charge is 2.33. The molecular weight excluding hydrogens is 366 g/mol. The molecule has 0 unspecified atom stereocenters. The average Bonchev–Trinajstić information content (AvgIpc) is 2.50. The molecule has 0 aliphatic carbocycles. The number of halogens is 5. The van der Waals surface area contributed by atoms with E-state index in [1.54, 1.807) is 24.3 Å². The van der Waals surface area contributed by atoms with Crippen LogP contribution in [0.25, 0.3) is 0 Å². The van der Waals surface area contributed by atoms with E-state index in [-0.39, 0.29) is 5.69 Å². The number of carbonyl (C=O) groups is 1. The molecule has 2 rings (SSSR count). The lowest BCUT2D eigenvalue weighted by molar-refractivity contribution is -0.137. The predicted octanol–water partition coefficient (Wildman–Crippen LogP) is 5.42. The third kappa shape index (κ3) is 4.55. The molecule has 0 bridgehead atoms. The molecule has 3 nitrogen and oxygen atoms in total. The molecule has 0 aromatic heterocycles. The number of alkyl halides is 3. The third-order valence-corrected chi connectivity index (χ3v) is 3.69. The summed E-state index contributed by atoms with van der Waals surface area (Å²) in [7, 11) is 0. The van der Waals surface area contributed by atoms with Crippen LogP contribution in [0.15, 0.2) is 42.5 Å². The molecule has 2 aromatic carbocycles. The van der Waals surface area contributed by atoms with Gasteiger partial charge >= 0.3 is 6.18 Å². The Kier molecular flexibility index (Phi) is 5.62. The Morgan fingerprint density at radius 3 is 2.42 bits per heavy atom. The van der Waals surface area contributed by atoms with E-state index in [0.717, 1.165) is 12.1 Å². The predicted molar refractivity (Wildman–Crippen MR) is 86.6 cm³/mol. The average molecular weight is 378 g/mol. The van der Waals surface area contributed by atoms with Gasteiger partial charge in [0.25, 0.3) is 5.91 Å². The highest BCUT2D eigenvalue weighted by molar-refractivity contribution is 6.32. The van der Waals surface area contributed by atoms with Crippen LogP contribution in [0.3, 0.4) is 0 Å². The number of benzene rings is 2. The first kappa shape index (κ1) is 18.4. The SMILES string of the molecule is C[C@H](Oc1ccccc1Cl)C(=O)Nc1ccc(Cl)c(C(F)(F)F)c1. The maximum absolute atomic E-state index is 12.8. The first-order valence-electron chi connectivity index (χ1n) is 6.77. The van der Waals surface area contributed by atoms with Crippen LogP contribution in [0.1, 0.15) is 12.5 Å². The van der Waals surface area contributed by atoms with E-state index in [0.29, 0.717) is 10.8 Å². The van der Waals surface area contributed by atoms with Crippen molar-refractivity contribution in [1.29, 1.82) is 0 Å². The van der Waals surface area contributed by atoms with E-state index in [9.17, 15) is 18.0 Å². The van der Waals surface area contributed by atoms with Gasteiger partial charge in [-0.3, -0.25) is 4.79 Å². The first-order chi connectivity index (χ1) is 11.2. The van der Waals surface area contributed by atoms with Crippen LogP contribution in [0.5, 0.6) is 5.75 Å². The zero-order chi connectivity index (χ0) is 17.9. The summed E-state index contributed by atoms with van der Waals surface area (Å²) < 4.78 is 43.9. The van der Waals surface area contributed by atoms with Crippen molar-refractivity contribution in [1.82, 2.24) is 0 Å². The lowest BCUT2D eigenvalue weighted by Gasteiger charge is -2.16. The molecule has 0 fully saturated rings. The second-order valence-electron chi connectivity index (χ2n) is 4.87.